The van der Waals surface area contributed by atoms with E-state index >= 15 is 0 Å². The first-order chi connectivity index (χ1) is 10.5. The third-order valence-corrected chi connectivity index (χ3v) is 5.80. The van der Waals surface area contributed by atoms with E-state index in [1.54, 1.807) is 11.3 Å². The number of nitrogens with zero attached hydrogens (tertiary/aromatic N) is 1. The topological polar surface area (TPSA) is 46.4 Å². The number of hydrogen-bond donors (Lipinski definition) is 2. The predicted molar refractivity (Wildman–Crippen MR) is 90.1 cm³/mol. The number of carbonyl (C=O) groups excluding carboxylic acids is 1. The van der Waals surface area contributed by atoms with Gasteiger partial charge in [-0.3, -0.25) is 4.79 Å². The molecule has 0 aliphatic heterocycles. The van der Waals surface area contributed by atoms with Gasteiger partial charge in [0, 0.05) is 6.04 Å². The zero-order valence-electron chi connectivity index (χ0n) is 13.4. The van der Waals surface area contributed by atoms with Gasteiger partial charge in [0.15, 0.2) is 11.6 Å². The van der Waals surface area contributed by atoms with E-state index < -0.39 is 0 Å². The first-order valence-corrected chi connectivity index (χ1v) is 8.83. The summed E-state index contributed by atoms with van der Waals surface area (Å²) in [6, 6.07) is 8.74. The lowest BCUT2D eigenvalue weighted by atomic mass is 10.2. The fourth-order valence-corrected chi connectivity index (χ4v) is 3.82. The molecule has 0 spiro atoms. The average molecular weight is 318 g/mol. The van der Waals surface area contributed by atoms with Gasteiger partial charge in [-0.05, 0) is 44.7 Å². The lowest BCUT2D eigenvalue weighted by Crippen LogP contribution is -3.10. The summed E-state index contributed by atoms with van der Waals surface area (Å²) in [6.07, 6.45) is 2.51. The maximum Gasteiger partial charge on any atom is 0.275 e. The summed E-state index contributed by atoms with van der Waals surface area (Å²) >= 11 is 1.73. The van der Waals surface area contributed by atoms with E-state index in [4.69, 9.17) is 4.98 Å². The second-order valence-electron chi connectivity index (χ2n) is 6.46. The van der Waals surface area contributed by atoms with Crippen molar-refractivity contribution >= 4 is 27.5 Å². The Morgan fingerprint density at radius 1 is 1.41 bits per heavy atom. The molecule has 2 aromatic rings. The van der Waals surface area contributed by atoms with Crippen LogP contribution in [-0.2, 0) is 4.79 Å². The third kappa shape index (κ3) is 3.47. The van der Waals surface area contributed by atoms with Crippen molar-refractivity contribution in [3.8, 4) is 0 Å². The molecular weight excluding hydrogens is 294 g/mol. The van der Waals surface area contributed by atoms with Crippen LogP contribution in [0.25, 0.3) is 10.2 Å². The van der Waals surface area contributed by atoms with E-state index in [1.807, 2.05) is 18.2 Å². The molecule has 1 saturated carbocycles. The fourth-order valence-electron chi connectivity index (χ4n) is 2.71. The maximum absolute atomic E-state index is 12.2. The standard InChI is InChI=1S/C17H23N3OS/c1-11(13-8-9-13)18-16(21)10-20(3)12(2)17-19-14-6-4-5-7-15(14)22-17/h4-7,11-13H,8-10H2,1-3H3,(H,18,21)/p+1/t11-,12-/m0/s1. The van der Waals surface area contributed by atoms with Crippen LogP contribution in [0.2, 0.25) is 0 Å². The number of fused-ring (bicyclic) bond motifs is 1. The first-order valence-electron chi connectivity index (χ1n) is 8.01. The van der Waals surface area contributed by atoms with Crippen LogP contribution in [0, 0.1) is 5.92 Å². The highest BCUT2D eigenvalue weighted by Crippen LogP contribution is 2.32. The first kappa shape index (κ1) is 15.4. The quantitative estimate of drug-likeness (QED) is 0.853. The van der Waals surface area contributed by atoms with Crippen LogP contribution in [0.15, 0.2) is 24.3 Å². The van der Waals surface area contributed by atoms with Gasteiger partial charge in [0.25, 0.3) is 5.91 Å². The minimum absolute atomic E-state index is 0.143. The van der Waals surface area contributed by atoms with E-state index in [2.05, 4.69) is 32.3 Å². The molecule has 4 nitrogen and oxygen atoms in total. The number of thiazole rings is 1. The van der Waals surface area contributed by atoms with Crippen LogP contribution < -0.4 is 10.2 Å². The van der Waals surface area contributed by atoms with Crippen molar-refractivity contribution in [1.29, 1.82) is 0 Å². The van der Waals surface area contributed by atoms with E-state index in [0.29, 0.717) is 18.5 Å². The lowest BCUT2D eigenvalue weighted by Gasteiger charge is -2.20. The molecular formula is C17H24N3OS+. The van der Waals surface area contributed by atoms with Crippen molar-refractivity contribution in [2.24, 2.45) is 5.92 Å². The molecule has 1 aromatic heterocycles. The van der Waals surface area contributed by atoms with Crippen molar-refractivity contribution < 1.29 is 9.69 Å². The van der Waals surface area contributed by atoms with Gasteiger partial charge in [-0.15, -0.1) is 11.3 Å². The Morgan fingerprint density at radius 2 is 2.14 bits per heavy atom. The van der Waals surface area contributed by atoms with Gasteiger partial charge in [0.2, 0.25) is 0 Å². The Bertz CT molecular complexity index is 632. The number of amides is 1. The van der Waals surface area contributed by atoms with E-state index in [9.17, 15) is 4.79 Å². The number of benzene rings is 1. The summed E-state index contributed by atoms with van der Waals surface area (Å²) in [6.45, 7) is 4.75. The highest BCUT2D eigenvalue weighted by Gasteiger charge is 2.30. The highest BCUT2D eigenvalue weighted by molar-refractivity contribution is 7.18. The zero-order valence-corrected chi connectivity index (χ0v) is 14.2. The number of rotatable bonds is 6. The largest absolute Gasteiger partial charge is 0.348 e. The number of quaternary nitrogens is 1. The van der Waals surface area contributed by atoms with Gasteiger partial charge in [0.05, 0.1) is 17.3 Å². The minimum Gasteiger partial charge on any atom is -0.348 e. The maximum atomic E-state index is 12.2. The molecule has 0 bridgehead atoms. The predicted octanol–water partition coefficient (Wildman–Crippen LogP) is 1.79. The fraction of sp³-hybridized carbons (Fsp3) is 0.529. The summed E-state index contributed by atoms with van der Waals surface area (Å²) in [5, 5.41) is 4.23. The van der Waals surface area contributed by atoms with Crippen LogP contribution in [0.5, 0.6) is 0 Å². The molecule has 1 unspecified atom stereocenters. The molecule has 3 rings (SSSR count). The molecule has 1 fully saturated rings. The van der Waals surface area contributed by atoms with Crippen molar-refractivity contribution in [2.75, 3.05) is 13.6 Å². The number of nitrogens with one attached hydrogen (secondary N) is 2. The van der Waals surface area contributed by atoms with Crippen molar-refractivity contribution in [2.45, 2.75) is 38.8 Å². The molecule has 1 aliphatic carbocycles. The molecule has 2 N–H and O–H groups in total. The Labute approximate surface area is 135 Å². The summed E-state index contributed by atoms with van der Waals surface area (Å²) < 4.78 is 1.21. The zero-order chi connectivity index (χ0) is 15.7. The Balaban J connectivity index is 1.60. The SMILES string of the molecule is C[C@H](NC(=O)C[NH+](C)[C@@H](C)c1nc2ccccc2s1)C1CC1. The van der Waals surface area contributed by atoms with Crippen LogP contribution in [0.3, 0.4) is 0 Å². The number of hydrogen-bond acceptors (Lipinski definition) is 3. The average Bonchev–Trinajstić information content (AvgIpc) is 3.25. The van der Waals surface area contributed by atoms with Gasteiger partial charge >= 0.3 is 0 Å². The number of carbonyl (C=O) groups is 1. The Hall–Kier alpha value is -1.46. The van der Waals surface area contributed by atoms with Crippen LogP contribution in [-0.4, -0.2) is 30.5 Å². The molecule has 1 heterocycles. The molecule has 3 atom stereocenters. The smallest absolute Gasteiger partial charge is 0.275 e. The van der Waals surface area contributed by atoms with Gasteiger partial charge in [-0.2, -0.15) is 0 Å². The molecule has 22 heavy (non-hydrogen) atoms. The van der Waals surface area contributed by atoms with Crippen LogP contribution in [0.4, 0.5) is 0 Å². The van der Waals surface area contributed by atoms with Crippen molar-refractivity contribution in [3.63, 3.8) is 0 Å². The molecule has 0 radical (unpaired) electrons. The summed E-state index contributed by atoms with van der Waals surface area (Å²) in [7, 11) is 2.07. The Morgan fingerprint density at radius 3 is 2.82 bits per heavy atom. The Kier molecular flexibility index (Phi) is 4.45. The highest BCUT2D eigenvalue weighted by atomic mass is 32.1. The molecule has 1 aliphatic rings. The summed E-state index contributed by atoms with van der Waals surface area (Å²) in [5.74, 6) is 0.843. The number of aromatic nitrogens is 1. The molecule has 5 heteroatoms. The third-order valence-electron chi connectivity index (χ3n) is 4.58. The van der Waals surface area contributed by atoms with Gasteiger partial charge < -0.3 is 10.2 Å². The lowest BCUT2D eigenvalue weighted by molar-refractivity contribution is -0.902. The van der Waals surface area contributed by atoms with E-state index in [0.717, 1.165) is 10.5 Å². The van der Waals surface area contributed by atoms with Crippen LogP contribution >= 0.6 is 11.3 Å². The minimum atomic E-state index is 0.143. The molecule has 1 aromatic carbocycles. The second-order valence-corrected chi connectivity index (χ2v) is 7.52. The molecule has 118 valence electrons. The van der Waals surface area contributed by atoms with E-state index in [-0.39, 0.29) is 11.9 Å². The summed E-state index contributed by atoms with van der Waals surface area (Å²) in [4.78, 5) is 18.0. The molecule has 1 amide bonds. The van der Waals surface area contributed by atoms with Gasteiger partial charge in [-0.1, -0.05) is 12.1 Å². The second kappa shape index (κ2) is 6.34. The molecule has 0 saturated heterocycles. The van der Waals surface area contributed by atoms with Gasteiger partial charge in [0.1, 0.15) is 6.04 Å². The monoisotopic (exact) mass is 318 g/mol. The van der Waals surface area contributed by atoms with Crippen molar-refractivity contribution in [3.05, 3.63) is 29.3 Å². The number of para-hydroxylation sites is 1. The number of likely N-dealkylation sites (N-methyl/N-ethyl adjacent to an activating group) is 1. The van der Waals surface area contributed by atoms with Crippen molar-refractivity contribution in [1.82, 2.24) is 10.3 Å². The van der Waals surface area contributed by atoms with Crippen LogP contribution in [0.1, 0.15) is 37.7 Å². The van der Waals surface area contributed by atoms with E-state index in [1.165, 1.54) is 22.4 Å². The van der Waals surface area contributed by atoms with Gasteiger partial charge in [-0.25, -0.2) is 4.98 Å². The summed E-state index contributed by atoms with van der Waals surface area (Å²) in [5.41, 5.74) is 1.05. The normalized spacial score (nSPS) is 18.9.